The molecule has 21 heavy (non-hydrogen) atoms. The van der Waals surface area contributed by atoms with Crippen molar-refractivity contribution in [1.29, 1.82) is 0 Å². The van der Waals surface area contributed by atoms with Crippen molar-refractivity contribution in [3.63, 3.8) is 0 Å². The van der Waals surface area contributed by atoms with Gasteiger partial charge in [0.1, 0.15) is 6.61 Å². The highest BCUT2D eigenvalue weighted by molar-refractivity contribution is 5.72. The van der Waals surface area contributed by atoms with E-state index in [0.717, 1.165) is 12.1 Å². The van der Waals surface area contributed by atoms with E-state index in [1.54, 1.807) is 6.92 Å². The Labute approximate surface area is 119 Å². The van der Waals surface area contributed by atoms with Crippen LogP contribution < -0.4 is 0 Å². The molecule has 0 heterocycles. The highest BCUT2D eigenvalue weighted by Crippen LogP contribution is 2.14. The number of rotatable bonds is 7. The summed E-state index contributed by atoms with van der Waals surface area (Å²) in [7, 11) is 0. The summed E-state index contributed by atoms with van der Waals surface area (Å²) in [5.41, 5.74) is 0.00476. The Hall–Kier alpha value is -2.05. The van der Waals surface area contributed by atoms with Crippen molar-refractivity contribution < 1.29 is 32.2 Å². The van der Waals surface area contributed by atoms with E-state index in [4.69, 9.17) is 4.74 Å². The van der Waals surface area contributed by atoms with Crippen LogP contribution in [0.3, 0.4) is 0 Å². The van der Waals surface area contributed by atoms with Crippen molar-refractivity contribution in [3.05, 3.63) is 35.1 Å². The summed E-state index contributed by atoms with van der Waals surface area (Å²) in [6, 6.07) is 1.51. The SMILES string of the molecule is CCOC(=O)CCCC(=O)OCc1cc(F)c(F)c(F)c1. The maximum atomic E-state index is 12.9. The summed E-state index contributed by atoms with van der Waals surface area (Å²) >= 11 is 0. The predicted molar refractivity (Wildman–Crippen MR) is 66.6 cm³/mol. The lowest BCUT2D eigenvalue weighted by molar-refractivity contribution is -0.146. The number of carbonyl (C=O) groups is 2. The molecular weight excluding hydrogens is 289 g/mol. The molecule has 0 saturated heterocycles. The largest absolute Gasteiger partial charge is 0.466 e. The lowest BCUT2D eigenvalue weighted by Gasteiger charge is -2.06. The minimum absolute atomic E-state index is 0.00476. The van der Waals surface area contributed by atoms with Gasteiger partial charge in [-0.2, -0.15) is 0 Å². The molecule has 0 aliphatic rings. The zero-order valence-electron chi connectivity index (χ0n) is 11.5. The van der Waals surface area contributed by atoms with Crippen LogP contribution in [-0.4, -0.2) is 18.5 Å². The van der Waals surface area contributed by atoms with E-state index in [1.807, 2.05) is 0 Å². The summed E-state index contributed by atoms with van der Waals surface area (Å²) in [5.74, 6) is -5.29. The lowest BCUT2D eigenvalue weighted by atomic mass is 10.2. The van der Waals surface area contributed by atoms with Gasteiger partial charge in [0.2, 0.25) is 0 Å². The van der Waals surface area contributed by atoms with Gasteiger partial charge in [0, 0.05) is 12.8 Å². The third-order valence-electron chi connectivity index (χ3n) is 2.51. The van der Waals surface area contributed by atoms with E-state index in [2.05, 4.69) is 4.74 Å². The smallest absolute Gasteiger partial charge is 0.306 e. The second-order valence-electron chi connectivity index (χ2n) is 4.19. The van der Waals surface area contributed by atoms with Crippen molar-refractivity contribution >= 4 is 11.9 Å². The maximum Gasteiger partial charge on any atom is 0.306 e. The summed E-state index contributed by atoms with van der Waals surface area (Å²) in [6.07, 6.45) is 0.317. The molecule has 0 radical (unpaired) electrons. The van der Waals surface area contributed by atoms with Crippen LogP contribution in [0, 0.1) is 17.5 Å². The second-order valence-corrected chi connectivity index (χ2v) is 4.19. The first-order chi connectivity index (χ1) is 9.93. The van der Waals surface area contributed by atoms with Gasteiger partial charge in [-0.3, -0.25) is 9.59 Å². The summed E-state index contributed by atoms with van der Waals surface area (Å²) in [6.45, 7) is 1.57. The number of hydrogen-bond donors (Lipinski definition) is 0. The fraction of sp³-hybridized carbons (Fsp3) is 0.429. The molecule has 0 bridgehead atoms. The van der Waals surface area contributed by atoms with Crippen LogP contribution in [-0.2, 0) is 25.7 Å². The molecule has 0 amide bonds. The van der Waals surface area contributed by atoms with Gasteiger partial charge in [0.15, 0.2) is 17.5 Å². The zero-order valence-corrected chi connectivity index (χ0v) is 11.5. The molecule has 0 fully saturated rings. The van der Waals surface area contributed by atoms with Gasteiger partial charge in [-0.15, -0.1) is 0 Å². The number of carbonyl (C=O) groups excluding carboxylic acids is 2. The van der Waals surface area contributed by atoms with Gasteiger partial charge in [-0.1, -0.05) is 0 Å². The third-order valence-corrected chi connectivity index (χ3v) is 2.51. The quantitative estimate of drug-likeness (QED) is 0.574. The van der Waals surface area contributed by atoms with E-state index in [0.29, 0.717) is 0 Å². The Morgan fingerprint density at radius 1 is 1.00 bits per heavy atom. The molecule has 7 heteroatoms. The van der Waals surface area contributed by atoms with Crippen molar-refractivity contribution in [3.8, 4) is 0 Å². The minimum atomic E-state index is -1.57. The Morgan fingerprint density at radius 3 is 2.05 bits per heavy atom. The first-order valence-corrected chi connectivity index (χ1v) is 6.38. The molecule has 0 aromatic heterocycles. The van der Waals surface area contributed by atoms with Crippen LogP contribution >= 0.6 is 0 Å². The summed E-state index contributed by atoms with van der Waals surface area (Å²) in [5, 5.41) is 0. The topological polar surface area (TPSA) is 52.6 Å². The molecule has 116 valence electrons. The first-order valence-electron chi connectivity index (χ1n) is 6.38. The van der Waals surface area contributed by atoms with Crippen molar-refractivity contribution in [2.75, 3.05) is 6.61 Å². The molecule has 0 atom stereocenters. The number of hydrogen-bond acceptors (Lipinski definition) is 4. The normalized spacial score (nSPS) is 10.3. The van der Waals surface area contributed by atoms with Gasteiger partial charge < -0.3 is 9.47 Å². The molecule has 0 spiro atoms. The molecule has 1 rings (SSSR count). The van der Waals surface area contributed by atoms with Gasteiger partial charge in [0.05, 0.1) is 6.61 Å². The zero-order chi connectivity index (χ0) is 15.8. The monoisotopic (exact) mass is 304 g/mol. The van der Waals surface area contributed by atoms with Gasteiger partial charge >= 0.3 is 11.9 Å². The average molecular weight is 304 g/mol. The highest BCUT2D eigenvalue weighted by atomic mass is 19.2. The molecule has 0 N–H and O–H groups in total. The number of halogens is 3. The Balaban J connectivity index is 2.35. The predicted octanol–water partition coefficient (Wildman–Crippen LogP) is 2.88. The van der Waals surface area contributed by atoms with Crippen LogP contribution in [0.1, 0.15) is 31.7 Å². The number of benzene rings is 1. The lowest BCUT2D eigenvalue weighted by Crippen LogP contribution is -2.08. The summed E-state index contributed by atoms with van der Waals surface area (Å²) in [4.78, 5) is 22.4. The van der Waals surface area contributed by atoms with E-state index >= 15 is 0 Å². The standard InChI is InChI=1S/C14H15F3O4/c1-2-20-12(18)4-3-5-13(19)21-8-9-6-10(15)14(17)11(16)7-9/h6-7H,2-5,8H2,1H3. The number of esters is 2. The molecule has 0 unspecified atom stereocenters. The molecule has 0 aliphatic carbocycles. The van der Waals surface area contributed by atoms with E-state index < -0.39 is 29.4 Å². The van der Waals surface area contributed by atoms with Crippen LogP contribution in [0.5, 0.6) is 0 Å². The minimum Gasteiger partial charge on any atom is -0.466 e. The Morgan fingerprint density at radius 2 is 1.52 bits per heavy atom. The van der Waals surface area contributed by atoms with Gasteiger partial charge in [-0.25, -0.2) is 13.2 Å². The Bertz CT molecular complexity index is 494. The van der Waals surface area contributed by atoms with Crippen molar-refractivity contribution in [2.45, 2.75) is 32.8 Å². The molecule has 0 saturated carbocycles. The fourth-order valence-electron chi connectivity index (χ4n) is 1.54. The van der Waals surface area contributed by atoms with Crippen LogP contribution in [0.15, 0.2) is 12.1 Å². The molecule has 1 aromatic carbocycles. The molecule has 0 aliphatic heterocycles. The van der Waals surface area contributed by atoms with Crippen LogP contribution in [0.4, 0.5) is 13.2 Å². The number of ether oxygens (including phenoxy) is 2. The van der Waals surface area contributed by atoms with Gasteiger partial charge in [0.25, 0.3) is 0 Å². The van der Waals surface area contributed by atoms with Crippen molar-refractivity contribution in [1.82, 2.24) is 0 Å². The van der Waals surface area contributed by atoms with E-state index in [-0.39, 0.29) is 38.0 Å². The maximum absolute atomic E-state index is 12.9. The second kappa shape index (κ2) is 8.28. The summed E-state index contributed by atoms with van der Waals surface area (Å²) < 4.78 is 48.0. The van der Waals surface area contributed by atoms with E-state index in [9.17, 15) is 22.8 Å². The molecule has 1 aromatic rings. The highest BCUT2D eigenvalue weighted by Gasteiger charge is 2.12. The fourth-order valence-corrected chi connectivity index (χ4v) is 1.54. The molecule has 4 nitrogen and oxygen atoms in total. The van der Waals surface area contributed by atoms with E-state index in [1.165, 1.54) is 0 Å². The Kier molecular flexibility index (Phi) is 6.71. The van der Waals surface area contributed by atoms with Crippen LogP contribution in [0.2, 0.25) is 0 Å². The third kappa shape index (κ3) is 5.85. The van der Waals surface area contributed by atoms with Crippen LogP contribution in [0.25, 0.3) is 0 Å². The van der Waals surface area contributed by atoms with Crippen molar-refractivity contribution in [2.24, 2.45) is 0 Å². The first kappa shape index (κ1) is 17.0. The molecular formula is C14H15F3O4. The van der Waals surface area contributed by atoms with Gasteiger partial charge in [-0.05, 0) is 31.0 Å². The average Bonchev–Trinajstić information content (AvgIpc) is 2.42.